The molecule has 0 bridgehead atoms. The minimum atomic E-state index is -1.00. The number of nitrogens with one attached hydrogen (secondary N) is 1. The lowest BCUT2D eigenvalue weighted by molar-refractivity contribution is -0.141. The fraction of sp³-hybridized carbons (Fsp3) is 0.385. The molecular weight excluding hydrogens is 390 g/mol. The number of aliphatic hydroxyl groups excluding tert-OH is 1. The van der Waals surface area contributed by atoms with Crippen LogP contribution in [0.4, 0.5) is 0 Å². The lowest BCUT2D eigenvalue weighted by Gasteiger charge is -2.32. The maximum Gasteiger partial charge on any atom is 0.304 e. The summed E-state index contributed by atoms with van der Waals surface area (Å²) >= 11 is 0. The lowest BCUT2D eigenvalue weighted by Crippen LogP contribution is -2.48. The van der Waals surface area contributed by atoms with Gasteiger partial charge in [0.25, 0.3) is 0 Å². The highest BCUT2D eigenvalue weighted by Crippen LogP contribution is 2.24. The molecule has 2 aromatic rings. The van der Waals surface area contributed by atoms with E-state index in [2.05, 4.69) is 48.3 Å². The van der Waals surface area contributed by atoms with Gasteiger partial charge in [0.1, 0.15) is 0 Å². The molecule has 0 spiro atoms. The van der Waals surface area contributed by atoms with Gasteiger partial charge in [-0.25, -0.2) is 0 Å². The molecule has 2 rings (SSSR count). The number of benzene rings is 2. The Hall–Kier alpha value is -2.92. The molecule has 31 heavy (non-hydrogen) atoms. The van der Waals surface area contributed by atoms with Crippen molar-refractivity contribution in [3.63, 3.8) is 0 Å². The van der Waals surface area contributed by atoms with Crippen LogP contribution in [0.25, 0.3) is 11.1 Å². The van der Waals surface area contributed by atoms with E-state index in [4.69, 9.17) is 0 Å². The van der Waals surface area contributed by atoms with Crippen LogP contribution in [0.2, 0.25) is 0 Å². The summed E-state index contributed by atoms with van der Waals surface area (Å²) in [6.45, 7) is 7.25. The van der Waals surface area contributed by atoms with Crippen LogP contribution in [-0.4, -0.2) is 34.7 Å². The molecule has 0 aromatic heterocycles. The minimum absolute atomic E-state index is 0.231. The van der Waals surface area contributed by atoms with Gasteiger partial charge in [-0.1, -0.05) is 74.5 Å². The Labute approximate surface area is 184 Å². The van der Waals surface area contributed by atoms with Crippen LogP contribution in [0.3, 0.4) is 0 Å². The van der Waals surface area contributed by atoms with E-state index in [-0.39, 0.29) is 18.9 Å². The van der Waals surface area contributed by atoms with Crippen molar-refractivity contribution in [2.75, 3.05) is 6.61 Å². The van der Waals surface area contributed by atoms with Crippen molar-refractivity contribution in [1.82, 2.24) is 5.32 Å². The predicted octanol–water partition coefficient (Wildman–Crippen LogP) is 4.46. The van der Waals surface area contributed by atoms with E-state index in [1.165, 1.54) is 0 Å². The second-order valence-electron chi connectivity index (χ2n) is 8.52. The van der Waals surface area contributed by atoms with Gasteiger partial charge in [0.15, 0.2) is 0 Å². The largest absolute Gasteiger partial charge is 0.481 e. The predicted molar refractivity (Wildman–Crippen MR) is 124 cm³/mol. The summed E-state index contributed by atoms with van der Waals surface area (Å²) in [6, 6.07) is 17.9. The minimum Gasteiger partial charge on any atom is -0.481 e. The SMILES string of the molecule is C=CC(C)(C)C(CO)NC(=O)C(CCCc1ccc(-c2ccccc2)cc1)CC(=O)O. The summed E-state index contributed by atoms with van der Waals surface area (Å²) < 4.78 is 0. The van der Waals surface area contributed by atoms with Gasteiger partial charge in [-0.05, 0) is 36.0 Å². The first-order chi connectivity index (χ1) is 14.8. The molecule has 0 saturated carbocycles. The van der Waals surface area contributed by atoms with E-state index in [9.17, 15) is 19.8 Å². The van der Waals surface area contributed by atoms with Crippen LogP contribution in [0.15, 0.2) is 67.3 Å². The molecule has 3 N–H and O–H groups in total. The molecule has 5 nitrogen and oxygen atoms in total. The Morgan fingerprint density at radius 3 is 2.23 bits per heavy atom. The molecule has 166 valence electrons. The molecule has 2 aromatic carbocycles. The monoisotopic (exact) mass is 423 g/mol. The molecule has 0 aliphatic rings. The standard InChI is InChI=1S/C26H33NO4/c1-4-26(2,3)23(18-28)27-25(31)22(17-24(29)30)12-8-9-19-13-15-21(16-14-19)20-10-6-5-7-11-20/h4-7,10-11,13-16,22-23,28H,1,8-9,12,17-18H2,2-3H3,(H,27,31)(H,29,30). The second kappa shape index (κ2) is 11.5. The van der Waals surface area contributed by atoms with E-state index < -0.39 is 23.3 Å². The van der Waals surface area contributed by atoms with E-state index in [1.807, 2.05) is 32.0 Å². The smallest absolute Gasteiger partial charge is 0.304 e. The highest BCUT2D eigenvalue weighted by Gasteiger charge is 2.30. The molecular formula is C26H33NO4. The number of hydrogen-bond acceptors (Lipinski definition) is 3. The van der Waals surface area contributed by atoms with Crippen LogP contribution in [0.5, 0.6) is 0 Å². The summed E-state index contributed by atoms with van der Waals surface area (Å²) in [5.74, 6) is -1.98. The average Bonchev–Trinajstić information content (AvgIpc) is 2.77. The highest BCUT2D eigenvalue weighted by molar-refractivity contribution is 5.83. The molecule has 0 fully saturated rings. The summed E-state index contributed by atoms with van der Waals surface area (Å²) in [5, 5.41) is 21.7. The third kappa shape index (κ3) is 7.37. The fourth-order valence-electron chi connectivity index (χ4n) is 3.48. The van der Waals surface area contributed by atoms with Gasteiger partial charge < -0.3 is 15.5 Å². The molecule has 2 unspecified atom stereocenters. The Balaban J connectivity index is 1.96. The van der Waals surface area contributed by atoms with Gasteiger partial charge in [0, 0.05) is 11.3 Å². The number of aryl methyl sites for hydroxylation is 1. The molecule has 5 heteroatoms. The first-order valence-electron chi connectivity index (χ1n) is 10.7. The Morgan fingerprint density at radius 1 is 1.06 bits per heavy atom. The summed E-state index contributed by atoms with van der Waals surface area (Å²) in [6.07, 6.45) is 3.38. The molecule has 0 aliphatic heterocycles. The van der Waals surface area contributed by atoms with Crippen molar-refractivity contribution in [3.05, 3.63) is 72.8 Å². The summed E-state index contributed by atoms with van der Waals surface area (Å²) in [7, 11) is 0. The summed E-state index contributed by atoms with van der Waals surface area (Å²) in [4.78, 5) is 24.0. The van der Waals surface area contributed by atoms with Crippen molar-refractivity contribution in [3.8, 4) is 11.1 Å². The van der Waals surface area contributed by atoms with Crippen LogP contribution < -0.4 is 5.32 Å². The van der Waals surface area contributed by atoms with E-state index >= 15 is 0 Å². The van der Waals surface area contributed by atoms with Crippen LogP contribution in [0, 0.1) is 11.3 Å². The number of carboxylic acids is 1. The van der Waals surface area contributed by atoms with Gasteiger partial charge >= 0.3 is 5.97 Å². The van der Waals surface area contributed by atoms with E-state index in [1.54, 1.807) is 6.08 Å². The Bertz CT molecular complexity index is 859. The van der Waals surface area contributed by atoms with E-state index in [0.29, 0.717) is 12.8 Å². The molecule has 0 radical (unpaired) electrons. The summed E-state index contributed by atoms with van der Waals surface area (Å²) in [5.41, 5.74) is 2.95. The van der Waals surface area contributed by atoms with Crippen molar-refractivity contribution in [2.24, 2.45) is 11.3 Å². The first-order valence-corrected chi connectivity index (χ1v) is 10.7. The zero-order chi connectivity index (χ0) is 22.9. The number of amides is 1. The van der Waals surface area contributed by atoms with Gasteiger partial charge in [-0.15, -0.1) is 6.58 Å². The van der Waals surface area contributed by atoms with Gasteiger partial charge in [0.05, 0.1) is 19.1 Å². The maximum atomic E-state index is 12.7. The van der Waals surface area contributed by atoms with E-state index in [0.717, 1.165) is 23.1 Å². The Morgan fingerprint density at radius 2 is 1.68 bits per heavy atom. The number of aliphatic carboxylic acids is 1. The molecule has 0 saturated heterocycles. The molecule has 0 aliphatic carbocycles. The molecule has 1 amide bonds. The third-order valence-corrected chi connectivity index (χ3v) is 5.79. The number of carboxylic acid groups (broad SMARTS) is 1. The van der Waals surface area contributed by atoms with Crippen LogP contribution in [0.1, 0.15) is 38.7 Å². The topological polar surface area (TPSA) is 86.6 Å². The zero-order valence-electron chi connectivity index (χ0n) is 18.4. The third-order valence-electron chi connectivity index (χ3n) is 5.79. The van der Waals surface area contributed by atoms with Gasteiger partial charge in [-0.2, -0.15) is 0 Å². The van der Waals surface area contributed by atoms with Gasteiger partial charge in [-0.3, -0.25) is 9.59 Å². The number of carbonyl (C=O) groups is 2. The normalized spacial score (nSPS) is 13.3. The van der Waals surface area contributed by atoms with Crippen molar-refractivity contribution < 1.29 is 19.8 Å². The quantitative estimate of drug-likeness (QED) is 0.440. The van der Waals surface area contributed by atoms with Crippen LogP contribution in [-0.2, 0) is 16.0 Å². The zero-order valence-corrected chi connectivity index (χ0v) is 18.4. The number of aliphatic hydroxyl groups is 1. The highest BCUT2D eigenvalue weighted by atomic mass is 16.4. The van der Waals surface area contributed by atoms with Crippen LogP contribution >= 0.6 is 0 Å². The molecule has 2 atom stereocenters. The van der Waals surface area contributed by atoms with Crippen molar-refractivity contribution in [1.29, 1.82) is 0 Å². The molecule has 0 heterocycles. The average molecular weight is 424 g/mol. The maximum absolute atomic E-state index is 12.7. The fourth-order valence-corrected chi connectivity index (χ4v) is 3.48. The lowest BCUT2D eigenvalue weighted by atomic mass is 9.84. The Kier molecular flexibility index (Phi) is 9.01. The van der Waals surface area contributed by atoms with Crippen molar-refractivity contribution >= 4 is 11.9 Å². The second-order valence-corrected chi connectivity index (χ2v) is 8.52. The number of rotatable bonds is 12. The number of hydrogen-bond donors (Lipinski definition) is 3. The van der Waals surface area contributed by atoms with Crippen molar-refractivity contribution in [2.45, 2.75) is 45.6 Å². The van der Waals surface area contributed by atoms with Gasteiger partial charge in [0.2, 0.25) is 5.91 Å². The first kappa shape index (κ1) is 24.4. The number of carbonyl (C=O) groups excluding carboxylic acids is 1.